The first-order valence-corrected chi connectivity index (χ1v) is 25.2. The molecule has 2 aliphatic rings. The zero-order valence-electron chi connectivity index (χ0n) is 39.8. The lowest BCUT2D eigenvalue weighted by Gasteiger charge is -2.32. The van der Waals surface area contributed by atoms with Gasteiger partial charge >= 0.3 is 0 Å². The van der Waals surface area contributed by atoms with Crippen LogP contribution in [0.5, 0.6) is 0 Å². The van der Waals surface area contributed by atoms with Crippen molar-refractivity contribution in [3.63, 3.8) is 0 Å². The summed E-state index contributed by atoms with van der Waals surface area (Å²) >= 11 is 0. The molecular weight excluding hydrogens is 883 g/mol. The van der Waals surface area contributed by atoms with Gasteiger partial charge in [0, 0.05) is 27.6 Å². The summed E-state index contributed by atoms with van der Waals surface area (Å²) in [5.41, 5.74) is 24.3. The van der Waals surface area contributed by atoms with Crippen molar-refractivity contribution in [2.24, 2.45) is 0 Å². The van der Waals surface area contributed by atoms with Crippen LogP contribution in [-0.2, 0) is 5.41 Å². The summed E-state index contributed by atoms with van der Waals surface area (Å²) in [5.74, 6) is 0. The Hall–Kier alpha value is -9.50. The van der Waals surface area contributed by atoms with E-state index < -0.39 is 5.41 Å². The Morgan fingerprint density at radius 1 is 0.274 bits per heavy atom. The van der Waals surface area contributed by atoms with E-state index in [1.807, 2.05) is 0 Å². The molecule has 0 fully saturated rings. The van der Waals surface area contributed by atoms with Crippen molar-refractivity contribution in [1.82, 2.24) is 0 Å². The number of anilines is 3. The first-order chi connectivity index (χ1) is 36.2. The monoisotopic (exact) mass is 927 g/mol. The molecular formula is C71H45NO. The third-order valence-electron chi connectivity index (χ3n) is 15.7. The molecule has 340 valence electrons. The van der Waals surface area contributed by atoms with Crippen LogP contribution in [0.25, 0.3) is 99.5 Å². The summed E-state index contributed by atoms with van der Waals surface area (Å²) in [6.07, 6.45) is 0. The average molecular weight is 928 g/mol. The average Bonchev–Trinajstić information content (AvgIpc) is 4.17. The minimum absolute atomic E-state index is 0.482. The topological polar surface area (TPSA) is 16.4 Å². The molecule has 0 saturated carbocycles. The first-order valence-electron chi connectivity index (χ1n) is 25.2. The number of hydrogen-bond donors (Lipinski definition) is 0. The zero-order chi connectivity index (χ0) is 48.0. The van der Waals surface area contributed by atoms with Gasteiger partial charge in [0.05, 0.1) is 16.8 Å². The van der Waals surface area contributed by atoms with Gasteiger partial charge in [0.2, 0.25) is 0 Å². The number of furan rings is 1. The largest absolute Gasteiger partial charge is 0.456 e. The Morgan fingerprint density at radius 2 is 0.795 bits per heavy atom. The van der Waals surface area contributed by atoms with Gasteiger partial charge < -0.3 is 9.32 Å². The molecule has 0 bridgehead atoms. The van der Waals surface area contributed by atoms with Gasteiger partial charge in [-0.25, -0.2) is 0 Å². The van der Waals surface area contributed by atoms with Crippen LogP contribution in [-0.4, -0.2) is 0 Å². The van der Waals surface area contributed by atoms with Gasteiger partial charge in [0.25, 0.3) is 0 Å². The first kappa shape index (κ1) is 41.3. The highest BCUT2D eigenvalue weighted by Gasteiger charge is 2.52. The fraction of sp³-hybridized carbons (Fsp3) is 0.0141. The Labute approximate surface area is 424 Å². The molecule has 12 aromatic carbocycles. The van der Waals surface area contributed by atoms with Gasteiger partial charge in [-0.1, -0.05) is 218 Å². The van der Waals surface area contributed by atoms with Gasteiger partial charge in [-0.05, 0) is 143 Å². The lowest BCUT2D eigenvalue weighted by molar-refractivity contribution is 0.669. The minimum atomic E-state index is -0.482. The highest BCUT2D eigenvalue weighted by molar-refractivity contribution is 6.12. The molecule has 0 atom stereocenters. The Morgan fingerprint density at radius 3 is 1.51 bits per heavy atom. The molecule has 0 unspecified atom stereocenters. The molecule has 1 aromatic heterocycles. The van der Waals surface area contributed by atoms with Gasteiger partial charge in [-0.15, -0.1) is 0 Å². The summed E-state index contributed by atoms with van der Waals surface area (Å²) in [5, 5.41) is 4.59. The van der Waals surface area contributed by atoms with Crippen LogP contribution in [0.15, 0.2) is 277 Å². The van der Waals surface area contributed by atoms with Crippen LogP contribution in [0, 0.1) is 0 Å². The van der Waals surface area contributed by atoms with Crippen molar-refractivity contribution in [3.8, 4) is 66.8 Å². The normalized spacial score (nSPS) is 12.8. The Bertz CT molecular complexity index is 4270. The molecule has 0 radical (unpaired) electrons. The molecule has 13 aromatic rings. The second-order valence-electron chi connectivity index (χ2n) is 19.5. The SMILES string of the molecule is c1ccc(-c2ccc(-c3ccc(N(c4ccccc4-c4ccc5oc6cc7ccccc7cc6c5c4)c4cccc5c4-c4ccccc4C54c5ccccc5-c5ccccc54)cc3)cc2-c2ccccc2)cc1. The maximum Gasteiger partial charge on any atom is 0.136 e. The summed E-state index contributed by atoms with van der Waals surface area (Å²) in [6.45, 7) is 0. The maximum absolute atomic E-state index is 6.55. The van der Waals surface area contributed by atoms with Gasteiger partial charge in [0.15, 0.2) is 0 Å². The molecule has 2 aliphatic carbocycles. The standard InChI is InChI=1S/C71H45NO/c1-3-18-47(19-4-1)54-40-36-51(42-59(54)48-20-5-2-6-21-48)46-34-38-53(39-35-46)72(66-32-16-12-24-55(66)52-37-41-68-60(44-52)61-43-49-22-7-8-23-50(49)45-69(61)73-68)67-33-17-31-65-70(67)58-27-11-15-30-64(58)71(65)62-28-13-9-25-56(62)57-26-10-14-29-63(57)71/h1-45H. The molecule has 15 rings (SSSR count). The highest BCUT2D eigenvalue weighted by atomic mass is 16.3. The van der Waals surface area contributed by atoms with E-state index in [0.29, 0.717) is 0 Å². The van der Waals surface area contributed by atoms with Crippen LogP contribution >= 0.6 is 0 Å². The van der Waals surface area contributed by atoms with Crippen LogP contribution in [0.3, 0.4) is 0 Å². The molecule has 1 heterocycles. The van der Waals surface area contributed by atoms with Crippen molar-refractivity contribution in [3.05, 3.63) is 295 Å². The fourth-order valence-corrected chi connectivity index (χ4v) is 12.5. The van der Waals surface area contributed by atoms with E-state index in [4.69, 9.17) is 4.42 Å². The van der Waals surface area contributed by atoms with Crippen molar-refractivity contribution in [2.75, 3.05) is 4.90 Å². The van der Waals surface area contributed by atoms with Crippen molar-refractivity contribution in [1.29, 1.82) is 0 Å². The number of para-hydroxylation sites is 1. The molecule has 0 amide bonds. The number of fused-ring (bicyclic) bond motifs is 14. The fourth-order valence-electron chi connectivity index (χ4n) is 12.5. The van der Waals surface area contributed by atoms with E-state index in [2.05, 4.69) is 278 Å². The van der Waals surface area contributed by atoms with E-state index in [0.717, 1.165) is 55.7 Å². The third-order valence-corrected chi connectivity index (χ3v) is 15.7. The lowest BCUT2D eigenvalue weighted by Crippen LogP contribution is -2.26. The molecule has 2 heteroatoms. The van der Waals surface area contributed by atoms with Gasteiger partial charge in [0.1, 0.15) is 11.2 Å². The van der Waals surface area contributed by atoms with Gasteiger partial charge in [-0.3, -0.25) is 0 Å². The third kappa shape index (κ3) is 6.24. The van der Waals surface area contributed by atoms with Crippen LogP contribution < -0.4 is 4.90 Å². The Kier molecular flexibility index (Phi) is 9.21. The predicted octanol–water partition coefficient (Wildman–Crippen LogP) is 19.2. The van der Waals surface area contributed by atoms with E-state index >= 15 is 0 Å². The summed E-state index contributed by atoms with van der Waals surface area (Å²) in [4.78, 5) is 2.51. The van der Waals surface area contributed by atoms with Crippen molar-refractivity contribution >= 4 is 49.8 Å². The van der Waals surface area contributed by atoms with E-state index in [1.54, 1.807) is 0 Å². The van der Waals surface area contributed by atoms with Crippen LogP contribution in [0.4, 0.5) is 17.1 Å². The van der Waals surface area contributed by atoms with E-state index in [9.17, 15) is 0 Å². The maximum atomic E-state index is 6.55. The smallest absolute Gasteiger partial charge is 0.136 e. The van der Waals surface area contributed by atoms with Crippen molar-refractivity contribution < 1.29 is 4.42 Å². The summed E-state index contributed by atoms with van der Waals surface area (Å²) < 4.78 is 6.55. The minimum Gasteiger partial charge on any atom is -0.456 e. The van der Waals surface area contributed by atoms with E-state index in [-0.39, 0.29) is 0 Å². The zero-order valence-corrected chi connectivity index (χ0v) is 39.8. The number of nitrogens with zero attached hydrogens (tertiary/aromatic N) is 1. The van der Waals surface area contributed by atoms with Gasteiger partial charge in [-0.2, -0.15) is 0 Å². The lowest BCUT2D eigenvalue weighted by atomic mass is 9.70. The molecule has 0 N–H and O–H groups in total. The second-order valence-corrected chi connectivity index (χ2v) is 19.5. The molecule has 1 spiro atoms. The van der Waals surface area contributed by atoms with Crippen molar-refractivity contribution in [2.45, 2.75) is 5.41 Å². The number of hydrogen-bond acceptors (Lipinski definition) is 2. The highest BCUT2D eigenvalue weighted by Crippen LogP contribution is 2.65. The molecule has 73 heavy (non-hydrogen) atoms. The van der Waals surface area contributed by atoms with E-state index in [1.165, 1.54) is 83.1 Å². The Balaban J connectivity index is 0.947. The summed E-state index contributed by atoms with van der Waals surface area (Å²) in [6, 6.07) is 100. The summed E-state index contributed by atoms with van der Waals surface area (Å²) in [7, 11) is 0. The molecule has 0 saturated heterocycles. The predicted molar refractivity (Wildman–Crippen MR) is 304 cm³/mol. The quantitative estimate of drug-likeness (QED) is 0.158. The number of rotatable bonds is 7. The second kappa shape index (κ2) is 16.3. The molecule has 0 aliphatic heterocycles. The molecule has 2 nitrogen and oxygen atoms in total. The van der Waals surface area contributed by atoms with Crippen LogP contribution in [0.2, 0.25) is 0 Å². The van der Waals surface area contributed by atoms with Crippen LogP contribution in [0.1, 0.15) is 22.3 Å². The number of benzene rings is 12.